The minimum absolute atomic E-state index is 0.137. The van der Waals surface area contributed by atoms with E-state index in [1.54, 1.807) is 17.4 Å². The molecule has 0 spiro atoms. The van der Waals surface area contributed by atoms with Gasteiger partial charge in [0.2, 0.25) is 0 Å². The number of thiol groups is 1. The first-order valence-corrected chi connectivity index (χ1v) is 11.2. The zero-order valence-electron chi connectivity index (χ0n) is 17.8. The van der Waals surface area contributed by atoms with Crippen LogP contribution in [0.5, 0.6) is 11.5 Å². The predicted octanol–water partition coefficient (Wildman–Crippen LogP) is 3.50. The topological polar surface area (TPSA) is 115 Å². The van der Waals surface area contributed by atoms with E-state index in [4.69, 9.17) is 9.47 Å². The summed E-state index contributed by atoms with van der Waals surface area (Å²) in [7, 11) is -0.400. The summed E-state index contributed by atoms with van der Waals surface area (Å²) in [6.07, 6.45) is -1.89. The van der Waals surface area contributed by atoms with Gasteiger partial charge < -0.3 is 20.1 Å². The number of hydrogen-bond acceptors (Lipinski definition) is 8. The summed E-state index contributed by atoms with van der Waals surface area (Å²) in [4.78, 5) is 20.0. The van der Waals surface area contributed by atoms with Gasteiger partial charge in [-0.2, -0.15) is 13.2 Å². The molecule has 0 aliphatic carbocycles. The second-order valence-electron chi connectivity index (χ2n) is 6.77. The maximum atomic E-state index is 13.8. The van der Waals surface area contributed by atoms with E-state index >= 15 is 0 Å². The third-order valence-corrected chi connectivity index (χ3v) is 4.72. The van der Waals surface area contributed by atoms with Crippen LogP contribution in [0.2, 0.25) is 0 Å². The van der Waals surface area contributed by atoms with Gasteiger partial charge in [0.1, 0.15) is 36.0 Å². The lowest BCUT2D eigenvalue weighted by Gasteiger charge is -2.15. The van der Waals surface area contributed by atoms with Crippen LogP contribution in [-0.4, -0.2) is 52.8 Å². The Bertz CT molecular complexity index is 1300. The van der Waals surface area contributed by atoms with Crippen LogP contribution in [0.4, 0.5) is 34.8 Å². The Kier molecular flexibility index (Phi) is 7.71. The lowest BCUT2D eigenvalue weighted by Crippen LogP contribution is -2.36. The Morgan fingerprint density at radius 3 is 2.62 bits per heavy atom. The number of nitrogens with zero attached hydrogens (tertiary/aromatic N) is 3. The minimum Gasteiger partial charge on any atom is -0.496 e. The molecule has 14 heteroatoms. The van der Waals surface area contributed by atoms with Crippen molar-refractivity contribution in [2.24, 2.45) is 4.36 Å². The number of hydrogen-bond donors (Lipinski definition) is 3. The Morgan fingerprint density at radius 1 is 1.18 bits per heavy atom. The zero-order chi connectivity index (χ0) is 24.9. The van der Waals surface area contributed by atoms with Gasteiger partial charge in [-0.15, -0.1) is 0 Å². The molecule has 3 aromatic rings. The number of halogens is 4. The first kappa shape index (κ1) is 25.0. The molecule has 1 amide bonds. The molecular weight excluding hydrogens is 482 g/mol. The van der Waals surface area contributed by atoms with Crippen molar-refractivity contribution in [1.29, 1.82) is 0 Å². The summed E-state index contributed by atoms with van der Waals surface area (Å²) in [5.74, 6) is -1.32. The van der Waals surface area contributed by atoms with E-state index in [9.17, 15) is 26.6 Å². The largest absolute Gasteiger partial charge is 0.496 e. The van der Waals surface area contributed by atoms with Crippen molar-refractivity contribution in [3.63, 3.8) is 0 Å². The monoisotopic (exact) mass is 501 g/mol. The second-order valence-corrected chi connectivity index (χ2v) is 7.90. The fourth-order valence-electron chi connectivity index (χ4n) is 2.86. The maximum Gasteiger partial charge on any atom is 0.405 e. The minimum atomic E-state index is -4.58. The van der Waals surface area contributed by atoms with Gasteiger partial charge in [0, 0.05) is 29.0 Å². The Morgan fingerprint density at radius 2 is 1.94 bits per heavy atom. The quantitative estimate of drug-likeness (QED) is 0.320. The number of anilines is 2. The van der Waals surface area contributed by atoms with E-state index in [2.05, 4.69) is 19.6 Å². The van der Waals surface area contributed by atoms with Crippen LogP contribution in [0, 0.1) is 5.82 Å². The van der Waals surface area contributed by atoms with Gasteiger partial charge >= 0.3 is 6.18 Å². The fourth-order valence-corrected chi connectivity index (χ4v) is 3.30. The summed E-state index contributed by atoms with van der Waals surface area (Å²) in [5.41, 5.74) is 0.967. The number of amides is 1. The number of carbonyl (C=O) groups excluding carboxylic acids is 1. The molecular formula is C20H19F4N5O4S. The number of ether oxygens (including phenoxy) is 2. The van der Waals surface area contributed by atoms with Crippen molar-refractivity contribution in [3.05, 3.63) is 42.5 Å². The van der Waals surface area contributed by atoms with Gasteiger partial charge in [-0.05, 0) is 18.2 Å². The lowest BCUT2D eigenvalue weighted by atomic mass is 10.2. The summed E-state index contributed by atoms with van der Waals surface area (Å²) in [6.45, 7) is -2.29. The molecule has 0 aliphatic heterocycles. The molecule has 0 fully saturated rings. The van der Waals surface area contributed by atoms with Gasteiger partial charge in [0.15, 0.2) is 6.61 Å². The second kappa shape index (κ2) is 10.5. The summed E-state index contributed by atoms with van der Waals surface area (Å²) in [6, 6.07) is 6.52. The Labute approximate surface area is 192 Å². The molecule has 1 unspecified atom stereocenters. The highest BCUT2D eigenvalue weighted by molar-refractivity contribution is 7.74. The smallest absolute Gasteiger partial charge is 0.405 e. The van der Waals surface area contributed by atoms with Crippen LogP contribution in [0.25, 0.3) is 10.9 Å². The van der Waals surface area contributed by atoms with Crippen molar-refractivity contribution in [2.75, 3.05) is 31.8 Å². The Balaban J connectivity index is 1.91. The highest BCUT2D eigenvalue weighted by Crippen LogP contribution is 2.37. The van der Waals surface area contributed by atoms with Crippen LogP contribution < -0.4 is 20.1 Å². The van der Waals surface area contributed by atoms with Crippen LogP contribution in [-0.2, 0) is 15.4 Å². The highest BCUT2D eigenvalue weighted by Gasteiger charge is 2.27. The molecule has 0 aliphatic rings. The molecule has 2 aromatic carbocycles. The van der Waals surface area contributed by atoms with E-state index in [1.807, 2.05) is 0 Å². The number of nitrogens with one attached hydrogen (secondary N) is 2. The average Bonchev–Trinajstić information content (AvgIpc) is 2.76. The van der Waals surface area contributed by atoms with Gasteiger partial charge in [-0.25, -0.2) is 18.7 Å². The molecule has 182 valence electrons. The standard InChI is InChI=1S/C20H19F4N5O4S/c1-32-16-7-12(29-34(2)31)6-14-18(16)19(27-10-26-14)28-13-4-3-11(21)5-15(13)33-8-17(30)25-9-20(22,23)24/h3-7,10,34H,8-9H2,1-2H3,(H,25,30)(H,26,27,28). The molecule has 0 radical (unpaired) electrons. The third kappa shape index (κ3) is 6.66. The Hall–Kier alpha value is -3.68. The SMILES string of the molecule is COc1cc(/N=[SH](/C)=O)cc2ncnc(Nc3ccc(F)cc3OCC(=O)NCC(F)(F)F)c12. The van der Waals surface area contributed by atoms with E-state index < -0.39 is 41.6 Å². The number of alkyl halides is 3. The van der Waals surface area contributed by atoms with Crippen LogP contribution >= 0.6 is 0 Å². The predicted molar refractivity (Wildman–Crippen MR) is 118 cm³/mol. The fraction of sp³-hybridized carbons (Fsp3) is 0.250. The maximum absolute atomic E-state index is 13.8. The van der Waals surface area contributed by atoms with Crippen molar-refractivity contribution in [1.82, 2.24) is 15.3 Å². The lowest BCUT2D eigenvalue weighted by molar-refractivity contribution is -0.139. The van der Waals surface area contributed by atoms with E-state index in [1.165, 1.54) is 25.8 Å². The number of carbonyl (C=O) groups is 1. The highest BCUT2D eigenvalue weighted by atomic mass is 32.2. The first-order valence-electron chi connectivity index (χ1n) is 9.54. The summed E-state index contributed by atoms with van der Waals surface area (Å²) in [5, 5.41) is 5.02. The van der Waals surface area contributed by atoms with Crippen LogP contribution in [0.15, 0.2) is 41.0 Å². The number of benzene rings is 2. The summed E-state index contributed by atoms with van der Waals surface area (Å²) >= 11 is 0. The van der Waals surface area contributed by atoms with Crippen molar-refractivity contribution >= 4 is 44.6 Å². The molecule has 1 atom stereocenters. The average molecular weight is 501 g/mol. The molecule has 2 N–H and O–H groups in total. The number of aromatic nitrogens is 2. The molecule has 3 rings (SSSR count). The van der Waals surface area contributed by atoms with E-state index in [0.29, 0.717) is 22.3 Å². The molecule has 1 aromatic heterocycles. The zero-order valence-corrected chi connectivity index (χ0v) is 18.7. The number of rotatable bonds is 8. The van der Waals surface area contributed by atoms with E-state index in [0.717, 1.165) is 12.1 Å². The number of fused-ring (bicyclic) bond motifs is 1. The van der Waals surface area contributed by atoms with Crippen molar-refractivity contribution in [3.8, 4) is 11.5 Å². The third-order valence-electron chi connectivity index (χ3n) is 4.20. The van der Waals surface area contributed by atoms with Gasteiger partial charge in [0.25, 0.3) is 5.91 Å². The molecule has 34 heavy (non-hydrogen) atoms. The molecule has 0 saturated carbocycles. The van der Waals surface area contributed by atoms with Crippen LogP contribution in [0.1, 0.15) is 0 Å². The number of methoxy groups -OCH3 is 1. The van der Waals surface area contributed by atoms with Gasteiger partial charge in [-0.1, -0.05) is 0 Å². The molecule has 0 bridgehead atoms. The van der Waals surface area contributed by atoms with Crippen molar-refractivity contribution < 1.29 is 36.0 Å². The molecule has 0 saturated heterocycles. The van der Waals surface area contributed by atoms with Crippen LogP contribution in [0.3, 0.4) is 0 Å². The normalized spacial score (nSPS) is 12.4. The van der Waals surface area contributed by atoms with Gasteiger partial charge in [0.05, 0.1) is 29.4 Å². The molecule has 9 nitrogen and oxygen atoms in total. The first-order chi connectivity index (χ1) is 16.1. The van der Waals surface area contributed by atoms with Crippen molar-refractivity contribution in [2.45, 2.75) is 6.18 Å². The summed E-state index contributed by atoms with van der Waals surface area (Å²) < 4.78 is 76.7. The van der Waals surface area contributed by atoms with E-state index in [-0.39, 0.29) is 17.3 Å². The van der Waals surface area contributed by atoms with Gasteiger partial charge in [-0.3, -0.25) is 9.00 Å². The molecule has 1 heterocycles.